The lowest BCUT2D eigenvalue weighted by atomic mass is 9.85. The molecule has 4 rings (SSSR count). The third-order valence-corrected chi connectivity index (χ3v) is 5.17. The number of imide groups is 1. The number of nitro groups is 1. The van der Waals surface area contributed by atoms with Gasteiger partial charge in [0.25, 0.3) is 5.69 Å². The van der Waals surface area contributed by atoms with Crippen molar-refractivity contribution >= 4 is 34.8 Å². The molecule has 0 aromatic heterocycles. The van der Waals surface area contributed by atoms with Crippen molar-refractivity contribution in [1.29, 1.82) is 0 Å². The van der Waals surface area contributed by atoms with Crippen LogP contribution in [-0.2, 0) is 9.59 Å². The van der Waals surface area contributed by atoms with Gasteiger partial charge in [-0.15, -0.1) is 0 Å². The quantitative estimate of drug-likeness (QED) is 0.363. The van der Waals surface area contributed by atoms with Crippen molar-refractivity contribution in [2.75, 3.05) is 4.90 Å². The first-order valence-electron chi connectivity index (χ1n) is 6.99. The fourth-order valence-corrected chi connectivity index (χ4v) is 4.12. The molecule has 0 spiro atoms. The highest BCUT2D eigenvalue weighted by atomic mass is 35.5. The first-order valence-corrected chi connectivity index (χ1v) is 7.37. The highest BCUT2D eigenvalue weighted by molar-refractivity contribution is 6.33. The van der Waals surface area contributed by atoms with E-state index in [1.54, 1.807) is 0 Å². The number of halogens is 1. The van der Waals surface area contributed by atoms with E-state index in [1.807, 2.05) is 12.2 Å². The number of benzene rings is 1. The molecule has 4 atom stereocenters. The highest BCUT2D eigenvalue weighted by Crippen LogP contribution is 2.53. The molecule has 0 unspecified atom stereocenters. The Bertz CT molecular complexity index is 730. The smallest absolute Gasteiger partial charge is 0.274 e. The number of anilines is 1. The second kappa shape index (κ2) is 4.39. The lowest BCUT2D eigenvalue weighted by molar-refractivity contribution is -0.384. The minimum Gasteiger partial charge on any atom is -0.274 e. The molecule has 2 bridgehead atoms. The number of allylic oxidation sites excluding steroid dienone is 2. The summed E-state index contributed by atoms with van der Waals surface area (Å²) in [5.74, 6) is -0.945. The molecule has 1 heterocycles. The molecule has 3 aliphatic rings. The molecule has 7 heteroatoms. The SMILES string of the molecule is O=C1[C@@H]2[C@H](C(=O)N1c1ccc(Cl)c([N+](=O)[O-])c1)[C@H]1C=C[C@H]2C1. The Labute approximate surface area is 130 Å². The van der Waals surface area contributed by atoms with E-state index in [2.05, 4.69) is 0 Å². The van der Waals surface area contributed by atoms with Gasteiger partial charge >= 0.3 is 0 Å². The molecular weight excluding hydrogens is 308 g/mol. The zero-order valence-corrected chi connectivity index (χ0v) is 12.1. The molecule has 2 fully saturated rings. The predicted molar refractivity (Wildman–Crippen MR) is 78.3 cm³/mol. The fourth-order valence-electron chi connectivity index (χ4n) is 3.94. The number of rotatable bonds is 2. The van der Waals surface area contributed by atoms with Crippen LogP contribution in [0.3, 0.4) is 0 Å². The Morgan fingerprint density at radius 2 is 1.73 bits per heavy atom. The molecular formula is C15H11ClN2O4. The van der Waals surface area contributed by atoms with Crippen LogP contribution in [0.5, 0.6) is 0 Å². The van der Waals surface area contributed by atoms with Gasteiger partial charge in [-0.2, -0.15) is 0 Å². The van der Waals surface area contributed by atoms with Crippen molar-refractivity contribution in [3.8, 4) is 0 Å². The van der Waals surface area contributed by atoms with Gasteiger partial charge < -0.3 is 0 Å². The Morgan fingerprint density at radius 1 is 1.14 bits per heavy atom. The van der Waals surface area contributed by atoms with Crippen LogP contribution in [0.4, 0.5) is 11.4 Å². The standard InChI is InChI=1S/C15H11ClN2O4/c16-10-4-3-9(6-11(10)18(21)22)17-14(19)12-7-1-2-8(5-7)13(12)15(17)20/h1-4,6-8,12-13H,5H2/t7-,8-,12-,13+/m0/s1. The lowest BCUT2D eigenvalue weighted by Crippen LogP contribution is -2.32. The maximum Gasteiger partial charge on any atom is 0.289 e. The van der Waals surface area contributed by atoms with E-state index >= 15 is 0 Å². The van der Waals surface area contributed by atoms with Crippen molar-refractivity contribution in [3.63, 3.8) is 0 Å². The Morgan fingerprint density at radius 3 is 2.27 bits per heavy atom. The van der Waals surface area contributed by atoms with Gasteiger partial charge in [0, 0.05) is 6.07 Å². The number of fused-ring (bicyclic) bond motifs is 5. The summed E-state index contributed by atoms with van der Waals surface area (Å²) in [6, 6.07) is 4.01. The fraction of sp³-hybridized carbons (Fsp3) is 0.333. The van der Waals surface area contributed by atoms with Crippen molar-refractivity contribution < 1.29 is 14.5 Å². The largest absolute Gasteiger partial charge is 0.289 e. The van der Waals surface area contributed by atoms with E-state index < -0.39 is 4.92 Å². The second-order valence-corrected chi connectivity index (χ2v) is 6.31. The van der Waals surface area contributed by atoms with E-state index in [9.17, 15) is 19.7 Å². The average molecular weight is 319 g/mol. The third kappa shape index (κ3) is 1.61. The Kier molecular flexibility index (Phi) is 2.69. The molecule has 2 amide bonds. The van der Waals surface area contributed by atoms with Gasteiger partial charge in [-0.25, -0.2) is 4.90 Å². The van der Waals surface area contributed by atoms with Crippen molar-refractivity contribution in [3.05, 3.63) is 45.5 Å². The molecule has 2 aliphatic carbocycles. The topological polar surface area (TPSA) is 80.5 Å². The highest BCUT2D eigenvalue weighted by Gasteiger charge is 2.59. The maximum atomic E-state index is 12.6. The molecule has 1 aliphatic heterocycles. The first-order chi connectivity index (χ1) is 10.5. The van der Waals surface area contributed by atoms with Crippen LogP contribution in [0.25, 0.3) is 0 Å². The lowest BCUT2D eigenvalue weighted by Gasteiger charge is -2.17. The number of carbonyl (C=O) groups is 2. The van der Waals surface area contributed by atoms with Gasteiger partial charge in [0.2, 0.25) is 11.8 Å². The molecule has 1 aromatic rings. The molecule has 22 heavy (non-hydrogen) atoms. The predicted octanol–water partition coefficient (Wildman–Crippen LogP) is 2.56. The second-order valence-electron chi connectivity index (χ2n) is 5.90. The normalized spacial score (nSPS) is 32.0. The number of nitro benzene ring substituents is 1. The summed E-state index contributed by atoms with van der Waals surface area (Å²) < 4.78 is 0. The summed E-state index contributed by atoms with van der Waals surface area (Å²) in [6.07, 6.45) is 4.86. The van der Waals surface area contributed by atoms with Crippen molar-refractivity contribution in [2.45, 2.75) is 6.42 Å². The Balaban J connectivity index is 1.76. The number of hydrogen-bond donors (Lipinski definition) is 0. The maximum absolute atomic E-state index is 12.6. The van der Waals surface area contributed by atoms with Crippen molar-refractivity contribution in [2.24, 2.45) is 23.7 Å². The third-order valence-electron chi connectivity index (χ3n) is 4.85. The van der Waals surface area contributed by atoms with Crippen LogP contribution in [0.15, 0.2) is 30.4 Å². The van der Waals surface area contributed by atoms with E-state index in [1.165, 1.54) is 18.2 Å². The van der Waals surface area contributed by atoms with Crippen LogP contribution in [0.2, 0.25) is 5.02 Å². The summed E-state index contributed by atoms with van der Waals surface area (Å²) >= 11 is 5.78. The monoisotopic (exact) mass is 318 g/mol. The van der Waals surface area contributed by atoms with Gasteiger partial charge in [0.15, 0.2) is 0 Å². The van der Waals surface area contributed by atoms with Gasteiger partial charge in [-0.05, 0) is 30.4 Å². The molecule has 1 saturated heterocycles. The van der Waals surface area contributed by atoms with E-state index in [-0.39, 0.29) is 51.9 Å². The van der Waals surface area contributed by atoms with E-state index in [0.717, 1.165) is 11.3 Å². The van der Waals surface area contributed by atoms with Crippen LogP contribution >= 0.6 is 11.6 Å². The summed E-state index contributed by atoms with van der Waals surface area (Å²) in [5, 5.41) is 11.0. The molecule has 112 valence electrons. The van der Waals surface area contributed by atoms with E-state index in [0.29, 0.717) is 0 Å². The number of nitrogens with zero attached hydrogens (tertiary/aromatic N) is 2. The van der Waals surface area contributed by atoms with Gasteiger partial charge in [0.05, 0.1) is 22.4 Å². The van der Waals surface area contributed by atoms with Gasteiger partial charge in [-0.1, -0.05) is 23.8 Å². The molecule has 6 nitrogen and oxygen atoms in total. The van der Waals surface area contributed by atoms with Gasteiger partial charge in [-0.3, -0.25) is 19.7 Å². The zero-order valence-electron chi connectivity index (χ0n) is 11.3. The molecule has 0 N–H and O–H groups in total. The number of carbonyl (C=O) groups excluding carboxylic acids is 2. The summed E-state index contributed by atoms with van der Waals surface area (Å²) in [4.78, 5) is 36.7. The number of amides is 2. The van der Waals surface area contributed by atoms with Crippen LogP contribution in [-0.4, -0.2) is 16.7 Å². The molecule has 1 saturated carbocycles. The van der Waals surface area contributed by atoms with Crippen LogP contribution in [0.1, 0.15) is 6.42 Å². The molecule has 1 aromatic carbocycles. The average Bonchev–Trinajstić information content (AvgIpc) is 3.14. The van der Waals surface area contributed by atoms with Crippen molar-refractivity contribution in [1.82, 2.24) is 0 Å². The zero-order chi connectivity index (χ0) is 15.6. The van der Waals surface area contributed by atoms with Crippen LogP contribution < -0.4 is 4.90 Å². The minimum absolute atomic E-state index is 0.0187. The van der Waals surface area contributed by atoms with E-state index in [4.69, 9.17) is 11.6 Å². The molecule has 0 radical (unpaired) electrons. The minimum atomic E-state index is -0.622. The summed E-state index contributed by atoms with van der Waals surface area (Å²) in [5.41, 5.74) is -0.0853. The Hall–Kier alpha value is -2.21. The van der Waals surface area contributed by atoms with Crippen LogP contribution in [0, 0.1) is 33.8 Å². The summed E-state index contributed by atoms with van der Waals surface area (Å²) in [6.45, 7) is 0. The summed E-state index contributed by atoms with van der Waals surface area (Å²) in [7, 11) is 0. The first kappa shape index (κ1) is 13.5. The van der Waals surface area contributed by atoms with Gasteiger partial charge in [0.1, 0.15) is 5.02 Å². The number of hydrogen-bond acceptors (Lipinski definition) is 4.